The van der Waals surface area contributed by atoms with Gasteiger partial charge in [-0.15, -0.1) is 11.8 Å². The van der Waals surface area contributed by atoms with E-state index in [0.29, 0.717) is 18.0 Å². The monoisotopic (exact) mass is 528 g/mol. The number of anilines is 1. The summed E-state index contributed by atoms with van der Waals surface area (Å²) in [7, 11) is -2.73. The molecule has 190 valence electrons. The molecular formula is C26H28N2O6S2. The molecule has 0 heterocycles. The van der Waals surface area contributed by atoms with Gasteiger partial charge in [-0.3, -0.25) is 9.52 Å². The molecule has 0 spiro atoms. The molecule has 3 rings (SSSR count). The zero-order valence-corrected chi connectivity index (χ0v) is 21.9. The fourth-order valence-corrected chi connectivity index (χ4v) is 5.13. The third-order valence-electron chi connectivity index (χ3n) is 5.04. The molecule has 2 N–H and O–H groups in total. The Bertz CT molecular complexity index is 1310. The smallest absolute Gasteiger partial charge is 0.338 e. The van der Waals surface area contributed by atoms with Gasteiger partial charge in [-0.05, 0) is 56.3 Å². The van der Waals surface area contributed by atoms with Gasteiger partial charge in [0.1, 0.15) is 10.6 Å². The SMILES string of the molecule is COc1ccc(C(=O)OCC(=O)NCCSc2ccc(C)cc2)cc1S(=O)(=O)Nc1ccc(C)cc1. The minimum absolute atomic E-state index is 0.0252. The van der Waals surface area contributed by atoms with Crippen LogP contribution in [0.2, 0.25) is 0 Å². The van der Waals surface area contributed by atoms with E-state index in [1.807, 2.05) is 38.1 Å². The molecular weight excluding hydrogens is 500 g/mol. The van der Waals surface area contributed by atoms with E-state index in [1.54, 1.807) is 36.0 Å². The van der Waals surface area contributed by atoms with Crippen molar-refractivity contribution in [2.75, 3.05) is 30.7 Å². The number of carbonyl (C=O) groups is 2. The lowest BCUT2D eigenvalue weighted by molar-refractivity contribution is -0.124. The standard InChI is InChI=1S/C26H28N2O6S2/c1-18-4-9-21(10-5-18)28-36(31,32)24-16-20(8-13-23(24)33-3)26(30)34-17-25(29)27-14-15-35-22-11-6-19(2)7-12-22/h4-13,16,28H,14-15,17H2,1-3H3,(H,27,29). The number of hydrogen-bond donors (Lipinski definition) is 2. The molecule has 0 aliphatic carbocycles. The van der Waals surface area contributed by atoms with Gasteiger partial charge >= 0.3 is 5.97 Å². The Hall–Kier alpha value is -3.50. The molecule has 0 aliphatic rings. The molecule has 0 saturated heterocycles. The van der Waals surface area contributed by atoms with Crippen molar-refractivity contribution in [2.24, 2.45) is 0 Å². The van der Waals surface area contributed by atoms with Gasteiger partial charge in [-0.1, -0.05) is 35.4 Å². The van der Waals surface area contributed by atoms with Crippen molar-refractivity contribution < 1.29 is 27.5 Å². The Morgan fingerprint density at radius 1 is 0.917 bits per heavy atom. The lowest BCUT2D eigenvalue weighted by Crippen LogP contribution is -2.30. The highest BCUT2D eigenvalue weighted by Gasteiger charge is 2.23. The van der Waals surface area contributed by atoms with Crippen molar-refractivity contribution in [1.82, 2.24) is 5.32 Å². The van der Waals surface area contributed by atoms with Crippen LogP contribution in [0, 0.1) is 13.8 Å². The van der Waals surface area contributed by atoms with Crippen LogP contribution >= 0.6 is 11.8 Å². The van der Waals surface area contributed by atoms with E-state index in [4.69, 9.17) is 9.47 Å². The summed E-state index contributed by atoms with van der Waals surface area (Å²) in [6, 6.07) is 18.8. The van der Waals surface area contributed by atoms with Gasteiger partial charge in [0.2, 0.25) is 0 Å². The van der Waals surface area contributed by atoms with Gasteiger partial charge in [-0.2, -0.15) is 0 Å². The Kier molecular flexibility index (Phi) is 9.38. The number of benzene rings is 3. The van der Waals surface area contributed by atoms with Crippen LogP contribution < -0.4 is 14.8 Å². The predicted octanol–water partition coefficient (Wildman–Crippen LogP) is 4.18. The van der Waals surface area contributed by atoms with Crippen molar-refractivity contribution in [3.05, 3.63) is 83.4 Å². The second-order valence-corrected chi connectivity index (χ2v) is 10.7. The fraction of sp³-hybridized carbons (Fsp3) is 0.231. The molecule has 0 radical (unpaired) electrons. The highest BCUT2D eigenvalue weighted by molar-refractivity contribution is 7.99. The molecule has 0 aromatic heterocycles. The largest absolute Gasteiger partial charge is 0.495 e. The van der Waals surface area contributed by atoms with E-state index in [-0.39, 0.29) is 16.2 Å². The van der Waals surface area contributed by atoms with Crippen LogP contribution in [0.3, 0.4) is 0 Å². The number of amides is 1. The average molecular weight is 529 g/mol. The third kappa shape index (κ3) is 7.76. The van der Waals surface area contributed by atoms with Crippen molar-refractivity contribution in [3.63, 3.8) is 0 Å². The molecule has 3 aromatic carbocycles. The maximum absolute atomic E-state index is 13.0. The molecule has 8 nitrogen and oxygen atoms in total. The molecule has 0 saturated carbocycles. The van der Waals surface area contributed by atoms with E-state index < -0.39 is 28.5 Å². The number of rotatable bonds is 11. The second kappa shape index (κ2) is 12.5. The minimum atomic E-state index is -4.06. The highest BCUT2D eigenvalue weighted by Crippen LogP contribution is 2.27. The summed E-state index contributed by atoms with van der Waals surface area (Å²) in [6.45, 7) is 3.83. The van der Waals surface area contributed by atoms with Crippen LogP contribution in [0.25, 0.3) is 0 Å². The molecule has 36 heavy (non-hydrogen) atoms. The summed E-state index contributed by atoms with van der Waals surface area (Å²) in [4.78, 5) is 25.4. The van der Waals surface area contributed by atoms with E-state index in [0.717, 1.165) is 16.5 Å². The first-order valence-corrected chi connectivity index (χ1v) is 13.6. The Morgan fingerprint density at radius 2 is 1.56 bits per heavy atom. The summed E-state index contributed by atoms with van der Waals surface area (Å²) >= 11 is 1.60. The van der Waals surface area contributed by atoms with Crippen LogP contribution in [0.1, 0.15) is 21.5 Å². The first kappa shape index (κ1) is 27.1. The number of hydrogen-bond acceptors (Lipinski definition) is 7. The second-order valence-electron chi connectivity index (χ2n) is 7.92. The molecule has 0 atom stereocenters. The number of sulfonamides is 1. The number of esters is 1. The van der Waals surface area contributed by atoms with E-state index in [1.165, 1.54) is 24.8 Å². The first-order chi connectivity index (χ1) is 17.2. The van der Waals surface area contributed by atoms with Gasteiger partial charge in [0, 0.05) is 22.9 Å². The topological polar surface area (TPSA) is 111 Å². The summed E-state index contributed by atoms with van der Waals surface area (Å²) < 4.78 is 38.7. The van der Waals surface area contributed by atoms with E-state index in [2.05, 4.69) is 10.0 Å². The van der Waals surface area contributed by atoms with E-state index >= 15 is 0 Å². The van der Waals surface area contributed by atoms with Gasteiger partial charge in [0.05, 0.1) is 12.7 Å². The summed E-state index contributed by atoms with van der Waals surface area (Å²) in [5, 5.41) is 2.69. The maximum Gasteiger partial charge on any atom is 0.338 e. The fourth-order valence-electron chi connectivity index (χ4n) is 3.10. The number of carbonyl (C=O) groups excluding carboxylic acids is 2. The summed E-state index contributed by atoms with van der Waals surface area (Å²) in [5.74, 6) is -0.546. The van der Waals surface area contributed by atoms with E-state index in [9.17, 15) is 18.0 Å². The minimum Gasteiger partial charge on any atom is -0.495 e. The quantitative estimate of drug-likeness (QED) is 0.218. The average Bonchev–Trinajstić information content (AvgIpc) is 2.87. The van der Waals surface area contributed by atoms with Gasteiger partial charge < -0.3 is 14.8 Å². The highest BCUT2D eigenvalue weighted by atomic mass is 32.2. The van der Waals surface area contributed by atoms with Gasteiger partial charge in [0.15, 0.2) is 6.61 Å². The maximum atomic E-state index is 13.0. The van der Waals surface area contributed by atoms with Crippen molar-refractivity contribution in [1.29, 1.82) is 0 Å². The third-order valence-corrected chi connectivity index (χ3v) is 7.46. The van der Waals surface area contributed by atoms with Gasteiger partial charge in [-0.25, -0.2) is 13.2 Å². The number of aryl methyl sites for hydroxylation is 2. The van der Waals surface area contributed by atoms with Crippen molar-refractivity contribution in [2.45, 2.75) is 23.6 Å². The summed E-state index contributed by atoms with van der Waals surface area (Å²) in [6.07, 6.45) is 0. The lowest BCUT2D eigenvalue weighted by Gasteiger charge is -2.13. The Balaban J connectivity index is 1.56. The summed E-state index contributed by atoms with van der Waals surface area (Å²) in [5.41, 5.74) is 2.50. The number of ether oxygens (including phenoxy) is 2. The molecule has 10 heteroatoms. The lowest BCUT2D eigenvalue weighted by atomic mass is 10.2. The van der Waals surface area contributed by atoms with Crippen molar-refractivity contribution in [3.8, 4) is 5.75 Å². The zero-order valence-electron chi connectivity index (χ0n) is 20.2. The molecule has 0 bridgehead atoms. The number of nitrogens with one attached hydrogen (secondary N) is 2. The molecule has 3 aromatic rings. The first-order valence-electron chi connectivity index (χ1n) is 11.1. The van der Waals surface area contributed by atoms with Crippen molar-refractivity contribution >= 4 is 39.3 Å². The number of thioether (sulfide) groups is 1. The molecule has 0 unspecified atom stereocenters. The number of methoxy groups -OCH3 is 1. The van der Waals surface area contributed by atoms with Gasteiger partial charge in [0.25, 0.3) is 15.9 Å². The molecule has 1 amide bonds. The molecule has 0 aliphatic heterocycles. The Labute approximate surface area is 215 Å². The van der Waals surface area contributed by atoms with Crippen LogP contribution in [0.4, 0.5) is 5.69 Å². The Morgan fingerprint density at radius 3 is 2.19 bits per heavy atom. The molecule has 0 fully saturated rings. The van der Waals surface area contributed by atoms with Crippen LogP contribution in [0.5, 0.6) is 5.75 Å². The van der Waals surface area contributed by atoms with Crippen LogP contribution in [0.15, 0.2) is 76.5 Å². The zero-order chi connectivity index (χ0) is 26.1. The predicted molar refractivity (Wildman–Crippen MR) is 140 cm³/mol. The van der Waals surface area contributed by atoms with Crippen LogP contribution in [-0.4, -0.2) is 46.3 Å². The normalized spacial score (nSPS) is 11.0. The van der Waals surface area contributed by atoms with Crippen LogP contribution in [-0.2, 0) is 19.6 Å².